The van der Waals surface area contributed by atoms with Crippen molar-refractivity contribution in [3.8, 4) is 17.2 Å². The third kappa shape index (κ3) is 2.53. The number of likely N-dealkylation sites (tertiary alicyclic amines) is 1. The molecule has 1 aliphatic heterocycles. The van der Waals surface area contributed by atoms with Crippen LogP contribution in [0.1, 0.15) is 31.4 Å². The number of amides is 1. The number of carbonyl (C=O) groups is 1. The molecular formula is C15H21NO4. The SMILES string of the molecule is COc1cc(OC)c(C(C)N2CCCC2=O)c(OC)c1. The number of hydrogen-bond acceptors (Lipinski definition) is 4. The third-order valence-corrected chi connectivity index (χ3v) is 3.75. The van der Waals surface area contributed by atoms with Crippen molar-refractivity contribution in [2.75, 3.05) is 27.9 Å². The Bertz CT molecular complexity index is 476. The molecule has 1 aliphatic rings. The molecule has 0 spiro atoms. The predicted molar refractivity (Wildman–Crippen MR) is 75.5 cm³/mol. The highest BCUT2D eigenvalue weighted by Crippen LogP contribution is 2.41. The van der Waals surface area contributed by atoms with Crippen LogP contribution in [0.3, 0.4) is 0 Å². The molecule has 1 aromatic carbocycles. The van der Waals surface area contributed by atoms with Crippen LogP contribution in [0, 0.1) is 0 Å². The average molecular weight is 279 g/mol. The first-order valence-electron chi connectivity index (χ1n) is 6.71. The van der Waals surface area contributed by atoms with Crippen molar-refractivity contribution in [2.45, 2.75) is 25.8 Å². The third-order valence-electron chi connectivity index (χ3n) is 3.75. The minimum Gasteiger partial charge on any atom is -0.496 e. The molecular weight excluding hydrogens is 258 g/mol. The Morgan fingerprint density at radius 3 is 2.10 bits per heavy atom. The zero-order valence-corrected chi connectivity index (χ0v) is 12.4. The van der Waals surface area contributed by atoms with E-state index in [4.69, 9.17) is 14.2 Å². The molecule has 110 valence electrons. The second kappa shape index (κ2) is 6.03. The minimum atomic E-state index is -0.0826. The summed E-state index contributed by atoms with van der Waals surface area (Å²) in [6.07, 6.45) is 1.52. The van der Waals surface area contributed by atoms with Crippen molar-refractivity contribution in [3.05, 3.63) is 17.7 Å². The summed E-state index contributed by atoms with van der Waals surface area (Å²) >= 11 is 0. The highest BCUT2D eigenvalue weighted by Gasteiger charge is 2.30. The van der Waals surface area contributed by atoms with E-state index in [9.17, 15) is 4.79 Å². The molecule has 0 bridgehead atoms. The van der Waals surface area contributed by atoms with Crippen LogP contribution in [0.5, 0.6) is 17.2 Å². The summed E-state index contributed by atoms with van der Waals surface area (Å²) in [6, 6.07) is 3.55. The molecule has 1 atom stereocenters. The number of hydrogen-bond donors (Lipinski definition) is 0. The standard InChI is InChI=1S/C15H21NO4/c1-10(16-7-5-6-14(16)17)15-12(19-3)8-11(18-2)9-13(15)20-4/h8-10H,5-7H2,1-4H3. The maximum atomic E-state index is 11.9. The maximum Gasteiger partial charge on any atom is 0.223 e. The summed E-state index contributed by atoms with van der Waals surface area (Å²) in [7, 11) is 4.81. The second-order valence-electron chi connectivity index (χ2n) is 4.81. The molecule has 0 aliphatic carbocycles. The lowest BCUT2D eigenvalue weighted by Crippen LogP contribution is -2.28. The molecule has 1 fully saturated rings. The Hall–Kier alpha value is -1.91. The van der Waals surface area contributed by atoms with Crippen LogP contribution in [-0.4, -0.2) is 38.7 Å². The minimum absolute atomic E-state index is 0.0826. The summed E-state index contributed by atoms with van der Waals surface area (Å²) in [6.45, 7) is 2.77. The van der Waals surface area contributed by atoms with E-state index in [1.807, 2.05) is 24.0 Å². The van der Waals surface area contributed by atoms with E-state index >= 15 is 0 Å². The Balaban J connectivity index is 2.45. The molecule has 1 unspecified atom stereocenters. The number of rotatable bonds is 5. The molecule has 0 radical (unpaired) electrons. The lowest BCUT2D eigenvalue weighted by molar-refractivity contribution is -0.129. The van der Waals surface area contributed by atoms with Crippen LogP contribution in [0.2, 0.25) is 0 Å². The van der Waals surface area contributed by atoms with Gasteiger partial charge in [-0.1, -0.05) is 0 Å². The van der Waals surface area contributed by atoms with Crippen LogP contribution in [-0.2, 0) is 4.79 Å². The van der Waals surface area contributed by atoms with Crippen molar-refractivity contribution in [2.24, 2.45) is 0 Å². The number of methoxy groups -OCH3 is 3. The van der Waals surface area contributed by atoms with Gasteiger partial charge in [-0.3, -0.25) is 4.79 Å². The first-order valence-corrected chi connectivity index (χ1v) is 6.71. The predicted octanol–water partition coefficient (Wildman–Crippen LogP) is 2.40. The fourth-order valence-corrected chi connectivity index (χ4v) is 2.68. The molecule has 20 heavy (non-hydrogen) atoms. The highest BCUT2D eigenvalue weighted by atomic mass is 16.5. The van der Waals surface area contributed by atoms with Crippen LogP contribution >= 0.6 is 0 Å². The molecule has 1 heterocycles. The molecule has 5 nitrogen and oxygen atoms in total. The van der Waals surface area contributed by atoms with Crippen molar-refractivity contribution in [1.29, 1.82) is 0 Å². The average Bonchev–Trinajstić information content (AvgIpc) is 2.91. The maximum absolute atomic E-state index is 11.9. The molecule has 1 saturated heterocycles. The fraction of sp³-hybridized carbons (Fsp3) is 0.533. The largest absolute Gasteiger partial charge is 0.496 e. The van der Waals surface area contributed by atoms with Crippen LogP contribution < -0.4 is 14.2 Å². The van der Waals surface area contributed by atoms with Gasteiger partial charge in [0.05, 0.1) is 32.9 Å². The first-order chi connectivity index (χ1) is 9.62. The van der Waals surface area contributed by atoms with Crippen LogP contribution in [0.25, 0.3) is 0 Å². The van der Waals surface area contributed by atoms with Crippen molar-refractivity contribution in [1.82, 2.24) is 4.90 Å². The molecule has 5 heteroatoms. The Morgan fingerprint density at radius 1 is 1.10 bits per heavy atom. The highest BCUT2D eigenvalue weighted by molar-refractivity contribution is 5.79. The monoisotopic (exact) mass is 279 g/mol. The number of carbonyl (C=O) groups excluding carboxylic acids is 1. The van der Waals surface area contributed by atoms with E-state index in [-0.39, 0.29) is 11.9 Å². The molecule has 0 saturated carbocycles. The topological polar surface area (TPSA) is 48.0 Å². The van der Waals surface area contributed by atoms with E-state index in [1.165, 1.54) is 0 Å². The second-order valence-corrected chi connectivity index (χ2v) is 4.81. The quantitative estimate of drug-likeness (QED) is 0.830. The van der Waals surface area contributed by atoms with E-state index in [1.54, 1.807) is 21.3 Å². The van der Waals surface area contributed by atoms with E-state index in [0.717, 1.165) is 18.5 Å². The molecule has 1 aromatic rings. The number of ether oxygens (including phenoxy) is 3. The van der Waals surface area contributed by atoms with E-state index in [0.29, 0.717) is 23.7 Å². The van der Waals surface area contributed by atoms with E-state index in [2.05, 4.69) is 0 Å². The lowest BCUT2D eigenvalue weighted by Gasteiger charge is -2.27. The van der Waals surface area contributed by atoms with Gasteiger partial charge in [0.15, 0.2) is 0 Å². The van der Waals surface area contributed by atoms with Gasteiger partial charge in [-0.15, -0.1) is 0 Å². The smallest absolute Gasteiger partial charge is 0.223 e. The van der Waals surface area contributed by atoms with Gasteiger partial charge in [-0.25, -0.2) is 0 Å². The van der Waals surface area contributed by atoms with E-state index < -0.39 is 0 Å². The van der Waals surface area contributed by atoms with Crippen molar-refractivity contribution in [3.63, 3.8) is 0 Å². The Morgan fingerprint density at radius 2 is 1.70 bits per heavy atom. The summed E-state index contributed by atoms with van der Waals surface area (Å²) in [5, 5.41) is 0. The Labute approximate surface area is 119 Å². The van der Waals surface area contributed by atoms with Gasteiger partial charge in [-0.2, -0.15) is 0 Å². The van der Waals surface area contributed by atoms with Gasteiger partial charge in [0, 0.05) is 25.1 Å². The first kappa shape index (κ1) is 14.5. The summed E-state index contributed by atoms with van der Waals surface area (Å²) in [5.74, 6) is 2.20. The Kier molecular flexibility index (Phi) is 4.37. The molecule has 0 N–H and O–H groups in total. The van der Waals surface area contributed by atoms with Crippen LogP contribution in [0.15, 0.2) is 12.1 Å². The zero-order chi connectivity index (χ0) is 14.7. The normalized spacial score (nSPS) is 16.2. The summed E-state index contributed by atoms with van der Waals surface area (Å²) < 4.78 is 16.1. The summed E-state index contributed by atoms with van der Waals surface area (Å²) in [5.41, 5.74) is 0.881. The van der Waals surface area contributed by atoms with Crippen molar-refractivity contribution < 1.29 is 19.0 Å². The van der Waals surface area contributed by atoms with Crippen molar-refractivity contribution >= 4 is 5.91 Å². The number of nitrogens with zero attached hydrogens (tertiary/aromatic N) is 1. The van der Waals surface area contributed by atoms with Gasteiger partial charge in [0.25, 0.3) is 0 Å². The summed E-state index contributed by atoms with van der Waals surface area (Å²) in [4.78, 5) is 13.8. The van der Waals surface area contributed by atoms with Crippen LogP contribution in [0.4, 0.5) is 0 Å². The lowest BCUT2D eigenvalue weighted by atomic mass is 10.0. The molecule has 2 rings (SSSR count). The molecule has 0 aromatic heterocycles. The van der Waals surface area contributed by atoms with Gasteiger partial charge in [0.2, 0.25) is 5.91 Å². The van der Waals surface area contributed by atoms with Gasteiger partial charge in [0.1, 0.15) is 17.2 Å². The van der Waals surface area contributed by atoms with Gasteiger partial charge >= 0.3 is 0 Å². The molecule has 1 amide bonds. The van der Waals surface area contributed by atoms with Gasteiger partial charge < -0.3 is 19.1 Å². The number of benzene rings is 1. The zero-order valence-electron chi connectivity index (χ0n) is 12.4. The van der Waals surface area contributed by atoms with Gasteiger partial charge in [-0.05, 0) is 13.3 Å². The fourth-order valence-electron chi connectivity index (χ4n) is 2.68.